The van der Waals surface area contributed by atoms with Gasteiger partial charge < -0.3 is 19.9 Å². The lowest BCUT2D eigenvalue weighted by atomic mass is 9.91. The number of methoxy groups -OCH3 is 1. The molecular formula is C25H24N4O4S. The fourth-order valence-electron chi connectivity index (χ4n) is 3.91. The number of carbonyl (C=O) groups is 1. The van der Waals surface area contributed by atoms with Crippen molar-refractivity contribution < 1.29 is 19.0 Å². The summed E-state index contributed by atoms with van der Waals surface area (Å²) in [5.74, 6) is 0.827. The van der Waals surface area contributed by atoms with Crippen LogP contribution >= 0.6 is 11.8 Å². The molecule has 0 saturated heterocycles. The lowest BCUT2D eigenvalue weighted by molar-refractivity contribution is -0.139. The number of allylic oxidation sites excluding steroid dienone is 1. The van der Waals surface area contributed by atoms with E-state index in [1.807, 2.05) is 49.4 Å². The van der Waals surface area contributed by atoms with E-state index in [2.05, 4.69) is 6.07 Å². The van der Waals surface area contributed by atoms with Crippen molar-refractivity contribution in [3.63, 3.8) is 0 Å². The molecular weight excluding hydrogens is 452 g/mol. The standard InChI is InChI=1S/C25H24N4O4S/c1-4-32-18-13-16(11-12-17(18)31-3)22-20(24(30)33-5-2)21(15-9-7-6-8-10-15)28-25-29(22)23(27)19(14-26)34-25/h6-13,22H,4-5,27H2,1-3H3/t22-/m0/s1. The summed E-state index contributed by atoms with van der Waals surface area (Å²) in [5, 5.41) is 10.1. The fourth-order valence-corrected chi connectivity index (χ4v) is 4.78. The van der Waals surface area contributed by atoms with E-state index in [0.29, 0.717) is 39.4 Å². The first-order chi connectivity index (χ1) is 16.5. The summed E-state index contributed by atoms with van der Waals surface area (Å²) in [7, 11) is 1.57. The highest BCUT2D eigenvalue weighted by molar-refractivity contribution is 8.17. The summed E-state index contributed by atoms with van der Waals surface area (Å²) in [6.07, 6.45) is 0. The summed E-state index contributed by atoms with van der Waals surface area (Å²) >= 11 is 1.18. The van der Waals surface area contributed by atoms with Crippen molar-refractivity contribution in [3.05, 3.63) is 76.0 Å². The highest BCUT2D eigenvalue weighted by atomic mass is 32.2. The molecule has 0 unspecified atom stereocenters. The van der Waals surface area contributed by atoms with Gasteiger partial charge in [0.1, 0.15) is 16.8 Å². The van der Waals surface area contributed by atoms with Gasteiger partial charge >= 0.3 is 5.97 Å². The number of nitrogens with zero attached hydrogens (tertiary/aromatic N) is 3. The summed E-state index contributed by atoms with van der Waals surface area (Å²) in [4.78, 5) is 20.2. The van der Waals surface area contributed by atoms with Crippen LogP contribution in [0.25, 0.3) is 5.70 Å². The van der Waals surface area contributed by atoms with E-state index >= 15 is 0 Å². The molecule has 0 amide bonds. The molecule has 0 saturated carbocycles. The fraction of sp³-hybridized carbons (Fsp3) is 0.240. The second kappa shape index (κ2) is 9.93. The minimum absolute atomic E-state index is 0.198. The van der Waals surface area contributed by atoms with E-state index in [4.69, 9.17) is 24.9 Å². The van der Waals surface area contributed by atoms with Crippen LogP contribution in [-0.4, -0.2) is 36.4 Å². The molecule has 2 N–H and O–H groups in total. The van der Waals surface area contributed by atoms with Crippen LogP contribution in [0.1, 0.15) is 31.0 Å². The number of esters is 1. The Balaban J connectivity index is 2.00. The van der Waals surface area contributed by atoms with Crippen molar-refractivity contribution in [2.75, 3.05) is 20.3 Å². The van der Waals surface area contributed by atoms with Gasteiger partial charge in [0.25, 0.3) is 0 Å². The monoisotopic (exact) mass is 476 g/mol. The summed E-state index contributed by atoms with van der Waals surface area (Å²) in [6.45, 7) is 4.27. The van der Waals surface area contributed by atoms with Gasteiger partial charge in [-0.15, -0.1) is 0 Å². The Hall–Kier alpha value is -3.90. The molecule has 0 aromatic heterocycles. The summed E-state index contributed by atoms with van der Waals surface area (Å²) in [6, 6.07) is 16.3. The number of rotatable bonds is 7. The zero-order valence-electron chi connectivity index (χ0n) is 19.1. The summed E-state index contributed by atoms with van der Waals surface area (Å²) < 4.78 is 16.7. The van der Waals surface area contributed by atoms with E-state index in [1.54, 1.807) is 25.0 Å². The third-order valence-electron chi connectivity index (χ3n) is 5.33. The Morgan fingerprint density at radius 1 is 1.18 bits per heavy atom. The smallest absolute Gasteiger partial charge is 0.338 e. The largest absolute Gasteiger partial charge is 0.493 e. The minimum atomic E-state index is -0.690. The van der Waals surface area contributed by atoms with Crippen LogP contribution in [-0.2, 0) is 9.53 Å². The number of thioether (sulfide) groups is 1. The van der Waals surface area contributed by atoms with Gasteiger partial charge in [-0.05, 0) is 43.3 Å². The van der Waals surface area contributed by atoms with E-state index in [0.717, 1.165) is 11.1 Å². The van der Waals surface area contributed by atoms with Gasteiger partial charge in [0.05, 0.1) is 37.6 Å². The number of carbonyl (C=O) groups excluding carboxylic acids is 1. The zero-order valence-corrected chi connectivity index (χ0v) is 19.9. The highest BCUT2D eigenvalue weighted by Gasteiger charge is 2.44. The van der Waals surface area contributed by atoms with Gasteiger partial charge in [0.15, 0.2) is 16.7 Å². The quantitative estimate of drug-likeness (QED) is 0.593. The number of nitrogens with two attached hydrogens (primary N) is 1. The average molecular weight is 477 g/mol. The van der Waals surface area contributed by atoms with Gasteiger partial charge in [-0.1, -0.05) is 36.4 Å². The van der Waals surface area contributed by atoms with Crippen molar-refractivity contribution in [1.82, 2.24) is 4.90 Å². The third-order valence-corrected chi connectivity index (χ3v) is 6.31. The molecule has 2 heterocycles. The maximum absolute atomic E-state index is 13.4. The number of amidine groups is 1. The lowest BCUT2D eigenvalue weighted by Gasteiger charge is -2.35. The average Bonchev–Trinajstić information content (AvgIpc) is 3.19. The molecule has 9 heteroatoms. The van der Waals surface area contributed by atoms with Crippen molar-refractivity contribution in [3.8, 4) is 17.6 Å². The minimum Gasteiger partial charge on any atom is -0.493 e. The number of fused-ring (bicyclic) bond motifs is 1. The number of hydrogen-bond donors (Lipinski definition) is 1. The van der Waals surface area contributed by atoms with Crippen molar-refractivity contribution in [2.24, 2.45) is 10.7 Å². The van der Waals surface area contributed by atoms with Crippen LogP contribution in [0, 0.1) is 11.3 Å². The van der Waals surface area contributed by atoms with Gasteiger partial charge in [-0.3, -0.25) is 4.90 Å². The van der Waals surface area contributed by atoms with E-state index in [-0.39, 0.29) is 12.4 Å². The van der Waals surface area contributed by atoms with Gasteiger partial charge in [-0.2, -0.15) is 5.26 Å². The predicted octanol–water partition coefficient (Wildman–Crippen LogP) is 4.18. The second-order valence-electron chi connectivity index (χ2n) is 7.29. The Morgan fingerprint density at radius 3 is 2.59 bits per heavy atom. The van der Waals surface area contributed by atoms with E-state index in [9.17, 15) is 10.1 Å². The van der Waals surface area contributed by atoms with Crippen molar-refractivity contribution >= 4 is 28.6 Å². The molecule has 0 spiro atoms. The molecule has 8 nitrogen and oxygen atoms in total. The van der Waals surface area contributed by atoms with Crippen LogP contribution in [0.4, 0.5) is 0 Å². The van der Waals surface area contributed by atoms with Gasteiger partial charge in [-0.25, -0.2) is 9.79 Å². The van der Waals surface area contributed by atoms with Crippen LogP contribution in [0.3, 0.4) is 0 Å². The molecule has 0 fully saturated rings. The lowest BCUT2D eigenvalue weighted by Crippen LogP contribution is -2.38. The van der Waals surface area contributed by atoms with Crippen LogP contribution < -0.4 is 15.2 Å². The van der Waals surface area contributed by atoms with Crippen LogP contribution in [0.5, 0.6) is 11.5 Å². The molecule has 0 bridgehead atoms. The van der Waals surface area contributed by atoms with Crippen LogP contribution in [0.15, 0.2) is 69.8 Å². The molecule has 174 valence electrons. The molecule has 1 atom stereocenters. The Labute approximate surface area is 202 Å². The molecule has 0 radical (unpaired) electrons. The maximum atomic E-state index is 13.4. The first-order valence-electron chi connectivity index (χ1n) is 10.8. The van der Waals surface area contributed by atoms with Crippen LogP contribution in [0.2, 0.25) is 0 Å². The van der Waals surface area contributed by atoms with E-state index < -0.39 is 12.0 Å². The molecule has 34 heavy (non-hydrogen) atoms. The third kappa shape index (κ3) is 4.08. The Bertz CT molecular complexity index is 1250. The number of benzene rings is 2. The topological polar surface area (TPSA) is 110 Å². The molecule has 2 aromatic rings. The Kier molecular flexibility index (Phi) is 6.80. The number of hydrogen-bond acceptors (Lipinski definition) is 9. The van der Waals surface area contributed by atoms with Gasteiger partial charge in [0.2, 0.25) is 0 Å². The van der Waals surface area contributed by atoms with Gasteiger partial charge in [0, 0.05) is 5.56 Å². The Morgan fingerprint density at radius 2 is 1.94 bits per heavy atom. The second-order valence-corrected chi connectivity index (χ2v) is 8.26. The van der Waals surface area contributed by atoms with Crippen molar-refractivity contribution in [2.45, 2.75) is 19.9 Å². The number of nitriles is 1. The first kappa shape index (κ1) is 23.3. The number of aliphatic imine (C=N–C) groups is 1. The van der Waals surface area contributed by atoms with E-state index in [1.165, 1.54) is 11.8 Å². The molecule has 4 rings (SSSR count). The zero-order chi connectivity index (χ0) is 24.2. The normalized spacial score (nSPS) is 17.2. The number of ether oxygens (including phenoxy) is 3. The SMILES string of the molecule is CCOC(=O)C1=C(c2ccccc2)N=C2SC(C#N)=C(N)N2[C@H]1c1ccc(OC)c(OCC)c1. The van der Waals surface area contributed by atoms with Crippen molar-refractivity contribution in [1.29, 1.82) is 5.26 Å². The molecule has 2 aliphatic heterocycles. The predicted molar refractivity (Wildman–Crippen MR) is 131 cm³/mol. The molecule has 2 aromatic carbocycles. The molecule has 0 aliphatic carbocycles. The molecule has 2 aliphatic rings. The maximum Gasteiger partial charge on any atom is 0.338 e. The first-order valence-corrected chi connectivity index (χ1v) is 11.6. The summed E-state index contributed by atoms with van der Waals surface area (Å²) in [5.41, 5.74) is 8.67. The highest BCUT2D eigenvalue weighted by Crippen LogP contribution is 2.48.